The Morgan fingerprint density at radius 2 is 2.05 bits per heavy atom. The number of likely N-dealkylation sites (tertiary alicyclic amines) is 1. The Hall–Kier alpha value is -1.33. The van der Waals surface area contributed by atoms with E-state index in [1.165, 1.54) is 31.2 Å². The molecule has 2 N–H and O–H groups in total. The van der Waals surface area contributed by atoms with E-state index in [0.717, 1.165) is 30.5 Å². The van der Waals surface area contributed by atoms with Crippen LogP contribution in [0, 0.1) is 0 Å². The van der Waals surface area contributed by atoms with Crippen LogP contribution in [0.3, 0.4) is 0 Å². The molecular formula is C17H25N3OS. The molecule has 1 aliphatic heterocycles. The largest absolute Gasteiger partial charge is 0.496 e. The highest BCUT2D eigenvalue weighted by Gasteiger charge is 2.27. The molecule has 22 heavy (non-hydrogen) atoms. The van der Waals surface area contributed by atoms with Gasteiger partial charge in [0.1, 0.15) is 5.75 Å². The van der Waals surface area contributed by atoms with Gasteiger partial charge in [-0.25, -0.2) is 0 Å². The number of hydrogen-bond donors (Lipinski definition) is 2. The van der Waals surface area contributed by atoms with Gasteiger partial charge < -0.3 is 15.4 Å². The van der Waals surface area contributed by atoms with Crippen molar-refractivity contribution in [1.29, 1.82) is 0 Å². The summed E-state index contributed by atoms with van der Waals surface area (Å²) >= 11 is 5.40. The van der Waals surface area contributed by atoms with E-state index < -0.39 is 0 Å². The smallest absolute Gasteiger partial charge is 0.166 e. The van der Waals surface area contributed by atoms with Gasteiger partial charge in [-0.15, -0.1) is 0 Å². The van der Waals surface area contributed by atoms with Gasteiger partial charge in [0.05, 0.1) is 13.2 Å². The lowest BCUT2D eigenvalue weighted by atomic mass is 10.0. The number of nitrogens with one attached hydrogen (secondary N) is 2. The summed E-state index contributed by atoms with van der Waals surface area (Å²) in [6.45, 7) is 3.11. The molecule has 1 heterocycles. The highest BCUT2D eigenvalue weighted by molar-refractivity contribution is 7.80. The third-order valence-electron chi connectivity index (χ3n) is 4.45. The van der Waals surface area contributed by atoms with Gasteiger partial charge in [0.25, 0.3) is 0 Å². The van der Waals surface area contributed by atoms with E-state index in [1.807, 2.05) is 12.1 Å². The zero-order valence-electron chi connectivity index (χ0n) is 13.2. The number of ether oxygens (including phenoxy) is 1. The number of hydrogen-bond acceptors (Lipinski definition) is 3. The SMILES string of the molecule is COc1ccccc1C(CNC(=S)NC1CC1)N1CCCC1. The predicted octanol–water partition coefficient (Wildman–Crippen LogP) is 2.46. The third-order valence-corrected chi connectivity index (χ3v) is 4.71. The topological polar surface area (TPSA) is 36.5 Å². The van der Waals surface area contributed by atoms with Crippen molar-refractivity contribution >= 4 is 17.3 Å². The normalized spacial score (nSPS) is 19.7. The third kappa shape index (κ3) is 3.90. The number of rotatable bonds is 6. The molecule has 2 fully saturated rings. The minimum atomic E-state index is 0.303. The van der Waals surface area contributed by atoms with Crippen LogP contribution in [-0.2, 0) is 0 Å². The van der Waals surface area contributed by atoms with Crippen LogP contribution in [0.5, 0.6) is 5.75 Å². The Labute approximate surface area is 138 Å². The molecule has 3 rings (SSSR count). The quantitative estimate of drug-likeness (QED) is 0.788. The summed E-state index contributed by atoms with van der Waals surface area (Å²) in [6, 6.07) is 9.21. The van der Waals surface area contributed by atoms with Crippen LogP contribution in [-0.4, -0.2) is 42.8 Å². The summed E-state index contributed by atoms with van der Waals surface area (Å²) in [6.07, 6.45) is 5.03. The molecule has 4 nitrogen and oxygen atoms in total. The van der Waals surface area contributed by atoms with Crippen LogP contribution in [0.2, 0.25) is 0 Å². The second kappa shape index (κ2) is 7.29. The molecule has 1 aromatic rings. The van der Waals surface area contributed by atoms with Gasteiger partial charge in [0.2, 0.25) is 0 Å². The minimum absolute atomic E-state index is 0.303. The van der Waals surface area contributed by atoms with Crippen molar-refractivity contribution in [3.8, 4) is 5.75 Å². The predicted molar refractivity (Wildman–Crippen MR) is 93.3 cm³/mol. The van der Waals surface area contributed by atoms with Gasteiger partial charge in [0, 0.05) is 18.2 Å². The van der Waals surface area contributed by atoms with Crippen LogP contribution in [0.15, 0.2) is 24.3 Å². The number of methoxy groups -OCH3 is 1. The first-order valence-electron chi connectivity index (χ1n) is 8.19. The van der Waals surface area contributed by atoms with Crippen molar-refractivity contribution in [2.75, 3.05) is 26.7 Å². The Morgan fingerprint density at radius 1 is 1.32 bits per heavy atom. The maximum atomic E-state index is 5.56. The molecule has 0 radical (unpaired) electrons. The molecule has 2 aliphatic rings. The maximum Gasteiger partial charge on any atom is 0.166 e. The molecular weight excluding hydrogens is 294 g/mol. The van der Waals surface area contributed by atoms with Gasteiger partial charge in [0.15, 0.2) is 5.11 Å². The van der Waals surface area contributed by atoms with Gasteiger partial charge in [-0.05, 0) is 57.1 Å². The highest BCUT2D eigenvalue weighted by Crippen LogP contribution is 2.31. The fraction of sp³-hybridized carbons (Fsp3) is 0.588. The summed E-state index contributed by atoms with van der Waals surface area (Å²) in [5.74, 6) is 0.960. The van der Waals surface area contributed by atoms with Gasteiger partial charge >= 0.3 is 0 Å². The summed E-state index contributed by atoms with van der Waals surface area (Å²) in [5.41, 5.74) is 1.24. The Balaban J connectivity index is 1.69. The van der Waals surface area contributed by atoms with Gasteiger partial charge in [-0.2, -0.15) is 0 Å². The molecule has 0 aromatic heterocycles. The lowest BCUT2D eigenvalue weighted by Crippen LogP contribution is -2.42. The second-order valence-electron chi connectivity index (χ2n) is 6.13. The molecule has 1 aromatic carbocycles. The summed E-state index contributed by atoms with van der Waals surface area (Å²) in [4.78, 5) is 2.53. The van der Waals surface area contributed by atoms with E-state index >= 15 is 0 Å². The molecule has 1 unspecified atom stereocenters. The maximum absolute atomic E-state index is 5.56. The van der Waals surface area contributed by atoms with Crippen molar-refractivity contribution in [1.82, 2.24) is 15.5 Å². The molecule has 1 aliphatic carbocycles. The zero-order chi connectivity index (χ0) is 15.4. The van der Waals surface area contributed by atoms with E-state index in [9.17, 15) is 0 Å². The van der Waals surface area contributed by atoms with E-state index in [0.29, 0.717) is 12.1 Å². The van der Waals surface area contributed by atoms with Crippen molar-refractivity contribution in [2.24, 2.45) is 0 Å². The number of para-hydroxylation sites is 1. The first-order chi connectivity index (χ1) is 10.8. The highest BCUT2D eigenvalue weighted by atomic mass is 32.1. The Morgan fingerprint density at radius 3 is 2.73 bits per heavy atom. The minimum Gasteiger partial charge on any atom is -0.496 e. The molecule has 5 heteroatoms. The Kier molecular flexibility index (Phi) is 5.16. The second-order valence-corrected chi connectivity index (χ2v) is 6.54. The average Bonchev–Trinajstić information content (AvgIpc) is 3.18. The molecule has 0 bridgehead atoms. The van der Waals surface area contributed by atoms with Crippen LogP contribution in [0.4, 0.5) is 0 Å². The fourth-order valence-electron chi connectivity index (χ4n) is 3.08. The van der Waals surface area contributed by atoms with Crippen molar-refractivity contribution in [3.63, 3.8) is 0 Å². The summed E-state index contributed by atoms with van der Waals surface area (Å²) in [7, 11) is 1.74. The van der Waals surface area contributed by atoms with Crippen molar-refractivity contribution in [2.45, 2.75) is 37.8 Å². The fourth-order valence-corrected chi connectivity index (χ4v) is 3.33. The Bertz CT molecular complexity index is 512. The van der Waals surface area contributed by atoms with Crippen molar-refractivity contribution in [3.05, 3.63) is 29.8 Å². The standard InChI is InChI=1S/C17H25N3OS/c1-21-16-7-3-2-6-14(16)15(20-10-4-5-11-20)12-18-17(22)19-13-8-9-13/h2-3,6-7,13,15H,4-5,8-12H2,1H3,(H2,18,19,22). The number of nitrogens with zero attached hydrogens (tertiary/aromatic N) is 1. The van der Waals surface area contributed by atoms with Gasteiger partial charge in [-0.3, -0.25) is 4.90 Å². The molecule has 1 saturated heterocycles. The molecule has 120 valence electrons. The molecule has 0 amide bonds. The molecule has 0 spiro atoms. The first-order valence-corrected chi connectivity index (χ1v) is 8.60. The lowest BCUT2D eigenvalue weighted by molar-refractivity contribution is 0.239. The van der Waals surface area contributed by atoms with Crippen LogP contribution in [0.1, 0.15) is 37.3 Å². The van der Waals surface area contributed by atoms with E-state index in [-0.39, 0.29) is 0 Å². The molecule has 1 saturated carbocycles. The summed E-state index contributed by atoms with van der Waals surface area (Å²) < 4.78 is 5.56. The van der Waals surface area contributed by atoms with Crippen LogP contribution in [0.25, 0.3) is 0 Å². The van der Waals surface area contributed by atoms with E-state index in [4.69, 9.17) is 17.0 Å². The monoisotopic (exact) mass is 319 g/mol. The lowest BCUT2D eigenvalue weighted by Gasteiger charge is -2.29. The van der Waals surface area contributed by atoms with Gasteiger partial charge in [-0.1, -0.05) is 18.2 Å². The average molecular weight is 319 g/mol. The number of benzene rings is 1. The van der Waals surface area contributed by atoms with Crippen LogP contribution < -0.4 is 15.4 Å². The van der Waals surface area contributed by atoms with Crippen LogP contribution >= 0.6 is 12.2 Å². The summed E-state index contributed by atoms with van der Waals surface area (Å²) in [5, 5.41) is 7.53. The zero-order valence-corrected chi connectivity index (χ0v) is 14.0. The number of thiocarbonyl (C=S) groups is 1. The van der Waals surface area contributed by atoms with E-state index in [1.54, 1.807) is 7.11 Å². The van der Waals surface area contributed by atoms with E-state index in [2.05, 4.69) is 27.7 Å². The molecule has 1 atom stereocenters. The first kappa shape index (κ1) is 15.6. The van der Waals surface area contributed by atoms with Crippen molar-refractivity contribution < 1.29 is 4.74 Å².